The lowest BCUT2D eigenvalue weighted by atomic mass is 10.1. The third-order valence-corrected chi connectivity index (χ3v) is 3.78. The molecule has 3 rings (SSSR count). The maximum atomic E-state index is 12.3. The summed E-state index contributed by atoms with van der Waals surface area (Å²) in [5.74, 6) is -0.160. The Bertz CT molecular complexity index is 733. The zero-order chi connectivity index (χ0) is 16.4. The number of aryl methyl sites for hydroxylation is 2. The minimum atomic E-state index is -0.160. The number of hydrogen-bond acceptors (Lipinski definition) is 2. The quantitative estimate of drug-likeness (QED) is 0.915. The van der Waals surface area contributed by atoms with Crippen LogP contribution in [-0.4, -0.2) is 25.0 Å². The second-order valence-electron chi connectivity index (χ2n) is 5.76. The van der Waals surface area contributed by atoms with Gasteiger partial charge in [-0.25, -0.2) is 4.79 Å². The van der Waals surface area contributed by atoms with Gasteiger partial charge < -0.3 is 10.6 Å². The molecule has 0 bridgehead atoms. The van der Waals surface area contributed by atoms with Crippen LogP contribution in [-0.2, 0) is 0 Å². The lowest BCUT2D eigenvalue weighted by Gasteiger charge is -2.14. The molecule has 23 heavy (non-hydrogen) atoms. The monoisotopic (exact) mass is 309 g/mol. The van der Waals surface area contributed by atoms with Crippen molar-refractivity contribution in [3.8, 4) is 0 Å². The molecule has 5 heteroatoms. The van der Waals surface area contributed by atoms with Crippen molar-refractivity contribution in [3.63, 3.8) is 0 Å². The van der Waals surface area contributed by atoms with Gasteiger partial charge in [0, 0.05) is 30.0 Å². The van der Waals surface area contributed by atoms with E-state index in [4.69, 9.17) is 0 Å². The number of hydrogen-bond donors (Lipinski definition) is 2. The molecule has 2 aromatic rings. The predicted molar refractivity (Wildman–Crippen MR) is 91.1 cm³/mol. The average Bonchev–Trinajstić information content (AvgIpc) is 2.92. The average molecular weight is 309 g/mol. The molecule has 1 fully saturated rings. The Balaban J connectivity index is 1.73. The fraction of sp³-hybridized carbons (Fsp3) is 0.222. The normalized spacial score (nSPS) is 13.8. The summed E-state index contributed by atoms with van der Waals surface area (Å²) in [6.07, 6.45) is 0. The number of carbonyl (C=O) groups excluding carboxylic acids is 2. The second kappa shape index (κ2) is 6.12. The number of urea groups is 1. The molecular formula is C18H19N3O2. The van der Waals surface area contributed by atoms with E-state index in [9.17, 15) is 9.59 Å². The van der Waals surface area contributed by atoms with Crippen LogP contribution in [0.2, 0.25) is 0 Å². The number of nitrogens with one attached hydrogen (secondary N) is 2. The molecule has 0 unspecified atom stereocenters. The first-order valence-electron chi connectivity index (χ1n) is 7.58. The Morgan fingerprint density at radius 2 is 1.74 bits per heavy atom. The molecule has 0 radical (unpaired) electrons. The Hall–Kier alpha value is -2.82. The Labute approximate surface area is 135 Å². The van der Waals surface area contributed by atoms with E-state index < -0.39 is 0 Å². The van der Waals surface area contributed by atoms with E-state index in [1.165, 1.54) is 0 Å². The van der Waals surface area contributed by atoms with Gasteiger partial charge in [0.2, 0.25) is 0 Å². The van der Waals surface area contributed by atoms with Crippen LogP contribution in [0.4, 0.5) is 16.2 Å². The van der Waals surface area contributed by atoms with Crippen molar-refractivity contribution in [2.45, 2.75) is 13.8 Å². The van der Waals surface area contributed by atoms with Gasteiger partial charge in [0.25, 0.3) is 5.91 Å². The number of rotatable bonds is 3. The molecule has 0 saturated carbocycles. The topological polar surface area (TPSA) is 61.4 Å². The van der Waals surface area contributed by atoms with Crippen LogP contribution in [0.3, 0.4) is 0 Å². The van der Waals surface area contributed by atoms with Crippen LogP contribution in [0.5, 0.6) is 0 Å². The summed E-state index contributed by atoms with van der Waals surface area (Å²) < 4.78 is 0. The van der Waals surface area contributed by atoms with Gasteiger partial charge in [0.15, 0.2) is 0 Å². The fourth-order valence-corrected chi connectivity index (χ4v) is 2.76. The van der Waals surface area contributed by atoms with Gasteiger partial charge in [-0.15, -0.1) is 0 Å². The molecule has 3 amide bonds. The molecule has 1 aliphatic rings. The van der Waals surface area contributed by atoms with Crippen molar-refractivity contribution in [3.05, 3.63) is 59.2 Å². The summed E-state index contributed by atoms with van der Waals surface area (Å²) in [4.78, 5) is 25.6. The maximum Gasteiger partial charge on any atom is 0.321 e. The molecule has 1 heterocycles. The van der Waals surface area contributed by atoms with E-state index in [-0.39, 0.29) is 11.9 Å². The van der Waals surface area contributed by atoms with E-state index in [2.05, 4.69) is 16.7 Å². The van der Waals surface area contributed by atoms with Gasteiger partial charge in [0.1, 0.15) is 0 Å². The van der Waals surface area contributed by atoms with Gasteiger partial charge in [-0.3, -0.25) is 9.69 Å². The van der Waals surface area contributed by atoms with E-state index in [1.807, 2.05) is 26.0 Å². The highest BCUT2D eigenvalue weighted by Crippen LogP contribution is 2.19. The summed E-state index contributed by atoms with van der Waals surface area (Å²) in [5, 5.41) is 5.66. The van der Waals surface area contributed by atoms with Crippen LogP contribution in [0, 0.1) is 13.8 Å². The van der Waals surface area contributed by atoms with Gasteiger partial charge in [-0.05, 0) is 61.4 Å². The van der Waals surface area contributed by atoms with Gasteiger partial charge in [-0.1, -0.05) is 6.07 Å². The van der Waals surface area contributed by atoms with Crippen LogP contribution >= 0.6 is 0 Å². The molecule has 1 aliphatic heterocycles. The molecule has 0 aromatic heterocycles. The SMILES string of the molecule is Cc1cc(C)cc(NC(=O)c2ccc(N3CCNC3=O)cc2)c1. The molecular weight excluding hydrogens is 290 g/mol. The lowest BCUT2D eigenvalue weighted by molar-refractivity contribution is 0.102. The number of nitrogens with zero attached hydrogens (tertiary/aromatic N) is 1. The first-order valence-corrected chi connectivity index (χ1v) is 7.58. The fourth-order valence-electron chi connectivity index (χ4n) is 2.76. The van der Waals surface area contributed by atoms with Crippen molar-refractivity contribution in [1.29, 1.82) is 0 Å². The molecule has 0 atom stereocenters. The van der Waals surface area contributed by atoms with Crippen LogP contribution in [0.15, 0.2) is 42.5 Å². The Kier molecular flexibility index (Phi) is 4.02. The van der Waals surface area contributed by atoms with Gasteiger partial charge in [-0.2, -0.15) is 0 Å². The highest BCUT2D eigenvalue weighted by molar-refractivity contribution is 6.04. The number of benzene rings is 2. The van der Waals surface area contributed by atoms with E-state index in [0.717, 1.165) is 22.5 Å². The van der Waals surface area contributed by atoms with Crippen molar-refractivity contribution in [2.75, 3.05) is 23.3 Å². The smallest absolute Gasteiger partial charge is 0.321 e. The zero-order valence-electron chi connectivity index (χ0n) is 13.2. The first kappa shape index (κ1) is 15.1. The summed E-state index contributed by atoms with van der Waals surface area (Å²) in [6, 6.07) is 12.9. The maximum absolute atomic E-state index is 12.3. The zero-order valence-corrected chi connectivity index (χ0v) is 13.2. The van der Waals surface area contributed by atoms with Gasteiger partial charge in [0.05, 0.1) is 0 Å². The Morgan fingerprint density at radius 3 is 2.30 bits per heavy atom. The number of amides is 3. The molecule has 0 aliphatic carbocycles. The summed E-state index contributed by atoms with van der Waals surface area (Å²) in [7, 11) is 0. The third kappa shape index (κ3) is 3.34. The predicted octanol–water partition coefficient (Wildman–Crippen LogP) is 3.09. The van der Waals surface area contributed by atoms with Crippen molar-refractivity contribution in [1.82, 2.24) is 5.32 Å². The third-order valence-electron chi connectivity index (χ3n) is 3.78. The summed E-state index contributed by atoms with van der Waals surface area (Å²) >= 11 is 0. The van der Waals surface area contributed by atoms with E-state index in [1.54, 1.807) is 29.2 Å². The summed E-state index contributed by atoms with van der Waals surface area (Å²) in [5.41, 5.74) is 4.36. The molecule has 118 valence electrons. The number of anilines is 2. The van der Waals surface area contributed by atoms with E-state index in [0.29, 0.717) is 18.7 Å². The summed E-state index contributed by atoms with van der Waals surface area (Å²) in [6.45, 7) is 5.29. The van der Waals surface area contributed by atoms with Crippen LogP contribution in [0.1, 0.15) is 21.5 Å². The van der Waals surface area contributed by atoms with Crippen molar-refractivity contribution >= 4 is 23.3 Å². The van der Waals surface area contributed by atoms with Crippen molar-refractivity contribution < 1.29 is 9.59 Å². The molecule has 2 N–H and O–H groups in total. The minimum Gasteiger partial charge on any atom is -0.336 e. The molecule has 1 saturated heterocycles. The van der Waals surface area contributed by atoms with Crippen LogP contribution < -0.4 is 15.5 Å². The number of carbonyl (C=O) groups is 2. The highest BCUT2D eigenvalue weighted by atomic mass is 16.2. The minimum absolute atomic E-state index is 0.0996. The molecule has 0 spiro atoms. The second-order valence-corrected chi connectivity index (χ2v) is 5.76. The van der Waals surface area contributed by atoms with Gasteiger partial charge >= 0.3 is 6.03 Å². The van der Waals surface area contributed by atoms with Crippen LogP contribution in [0.25, 0.3) is 0 Å². The first-order chi connectivity index (χ1) is 11.0. The van der Waals surface area contributed by atoms with E-state index >= 15 is 0 Å². The lowest BCUT2D eigenvalue weighted by Crippen LogP contribution is -2.27. The van der Waals surface area contributed by atoms with Crippen molar-refractivity contribution in [2.24, 2.45) is 0 Å². The highest BCUT2D eigenvalue weighted by Gasteiger charge is 2.21. The Morgan fingerprint density at radius 1 is 1.09 bits per heavy atom. The standard InChI is InChI=1S/C18H19N3O2/c1-12-9-13(2)11-15(10-12)20-17(22)14-3-5-16(6-4-14)21-8-7-19-18(21)23/h3-6,9-11H,7-8H2,1-2H3,(H,19,23)(H,20,22). The largest absolute Gasteiger partial charge is 0.336 e. The molecule has 2 aromatic carbocycles. The molecule has 5 nitrogen and oxygen atoms in total.